The number of hydrogen-bond acceptors (Lipinski definition) is 5. The molecule has 1 aliphatic rings. The van der Waals surface area contributed by atoms with Gasteiger partial charge in [0.25, 0.3) is 0 Å². The third kappa shape index (κ3) is 3.55. The third-order valence-electron chi connectivity index (χ3n) is 4.90. The van der Waals surface area contributed by atoms with E-state index in [1.807, 2.05) is 12.3 Å². The zero-order chi connectivity index (χ0) is 17.0. The summed E-state index contributed by atoms with van der Waals surface area (Å²) in [6.45, 7) is 5.61. The van der Waals surface area contributed by atoms with Crippen molar-refractivity contribution in [2.24, 2.45) is 5.41 Å². The number of nitrogens with one attached hydrogen (secondary N) is 2. The Morgan fingerprint density at radius 1 is 1.29 bits per heavy atom. The van der Waals surface area contributed by atoms with Crippen LogP contribution >= 0.6 is 0 Å². The van der Waals surface area contributed by atoms with Gasteiger partial charge in [-0.25, -0.2) is 4.98 Å². The molecule has 2 N–H and O–H groups in total. The highest BCUT2D eigenvalue weighted by molar-refractivity contribution is 5.86. The number of ether oxygens (including phenoxy) is 3. The van der Waals surface area contributed by atoms with Gasteiger partial charge in [0.2, 0.25) is 0 Å². The molecule has 0 aromatic carbocycles. The summed E-state index contributed by atoms with van der Waals surface area (Å²) in [6, 6.07) is 1.93. The predicted octanol–water partition coefficient (Wildman–Crippen LogP) is 2.67. The van der Waals surface area contributed by atoms with Gasteiger partial charge in [-0.05, 0) is 32.0 Å². The van der Waals surface area contributed by atoms with E-state index in [4.69, 9.17) is 14.2 Å². The van der Waals surface area contributed by atoms with Gasteiger partial charge in [0.15, 0.2) is 0 Å². The molecule has 3 rings (SSSR count). The van der Waals surface area contributed by atoms with Gasteiger partial charge in [-0.1, -0.05) is 6.92 Å². The standard InChI is InChI=1S/C18H27N3O3/c1-18(5-8-19-9-6-18)12-24-14-4-7-20-17-16(14)13(10-21-17)15(23-3)11-22-2/h4,7,10,15,19H,5-6,8-9,11-12H2,1-3H3,(H,20,21). The monoisotopic (exact) mass is 333 g/mol. The van der Waals surface area contributed by atoms with Gasteiger partial charge in [0.1, 0.15) is 17.5 Å². The molecule has 3 heterocycles. The molecule has 0 aliphatic carbocycles. The molecule has 1 atom stereocenters. The molecule has 0 radical (unpaired) electrons. The van der Waals surface area contributed by atoms with E-state index < -0.39 is 0 Å². The molecule has 6 heteroatoms. The smallest absolute Gasteiger partial charge is 0.141 e. The van der Waals surface area contributed by atoms with Gasteiger partial charge in [0, 0.05) is 37.6 Å². The van der Waals surface area contributed by atoms with Gasteiger partial charge in [0.05, 0.1) is 18.6 Å². The van der Waals surface area contributed by atoms with Gasteiger partial charge < -0.3 is 24.5 Å². The van der Waals surface area contributed by atoms with Crippen LogP contribution in [-0.2, 0) is 9.47 Å². The number of hydrogen-bond donors (Lipinski definition) is 2. The maximum Gasteiger partial charge on any atom is 0.141 e. The topological polar surface area (TPSA) is 68.4 Å². The number of pyridine rings is 1. The van der Waals surface area contributed by atoms with E-state index in [0.717, 1.165) is 48.3 Å². The van der Waals surface area contributed by atoms with E-state index in [-0.39, 0.29) is 11.5 Å². The van der Waals surface area contributed by atoms with Crippen LogP contribution in [0.4, 0.5) is 0 Å². The molecule has 0 amide bonds. The molecular formula is C18H27N3O3. The molecular weight excluding hydrogens is 306 g/mol. The SMILES string of the molecule is COCC(OC)c1c[nH]c2nccc(OCC3(C)CCNCC3)c12. The van der Waals surface area contributed by atoms with E-state index in [2.05, 4.69) is 22.2 Å². The number of fused-ring (bicyclic) bond motifs is 1. The molecule has 132 valence electrons. The van der Waals surface area contributed by atoms with Crippen LogP contribution in [-0.4, -0.2) is 50.5 Å². The van der Waals surface area contributed by atoms with Crippen molar-refractivity contribution in [3.63, 3.8) is 0 Å². The quantitative estimate of drug-likeness (QED) is 0.815. The van der Waals surface area contributed by atoms with E-state index in [9.17, 15) is 0 Å². The van der Waals surface area contributed by atoms with Crippen LogP contribution in [0.1, 0.15) is 31.4 Å². The molecule has 1 fully saturated rings. The summed E-state index contributed by atoms with van der Waals surface area (Å²) in [5, 5.41) is 4.39. The maximum absolute atomic E-state index is 6.25. The summed E-state index contributed by atoms with van der Waals surface area (Å²) in [5.41, 5.74) is 2.05. The summed E-state index contributed by atoms with van der Waals surface area (Å²) in [4.78, 5) is 7.62. The Morgan fingerprint density at radius 3 is 2.79 bits per heavy atom. The summed E-state index contributed by atoms with van der Waals surface area (Å²) >= 11 is 0. The largest absolute Gasteiger partial charge is 0.492 e. The van der Waals surface area contributed by atoms with Crippen molar-refractivity contribution in [1.82, 2.24) is 15.3 Å². The fraction of sp³-hybridized carbons (Fsp3) is 0.611. The van der Waals surface area contributed by atoms with Crippen LogP contribution in [0, 0.1) is 5.41 Å². The van der Waals surface area contributed by atoms with Crippen molar-refractivity contribution in [2.45, 2.75) is 25.9 Å². The van der Waals surface area contributed by atoms with E-state index in [0.29, 0.717) is 13.2 Å². The Bertz CT molecular complexity index is 665. The van der Waals surface area contributed by atoms with Crippen molar-refractivity contribution in [2.75, 3.05) is 40.5 Å². The highest BCUT2D eigenvalue weighted by atomic mass is 16.5. The lowest BCUT2D eigenvalue weighted by Crippen LogP contribution is -2.38. The molecule has 6 nitrogen and oxygen atoms in total. The normalized spacial score (nSPS) is 18.6. The molecule has 1 unspecified atom stereocenters. The highest BCUT2D eigenvalue weighted by Gasteiger charge is 2.28. The fourth-order valence-corrected chi connectivity index (χ4v) is 3.29. The zero-order valence-corrected chi connectivity index (χ0v) is 14.7. The Morgan fingerprint density at radius 2 is 2.08 bits per heavy atom. The van der Waals surface area contributed by atoms with Crippen molar-refractivity contribution in [1.29, 1.82) is 0 Å². The first-order valence-electron chi connectivity index (χ1n) is 8.48. The van der Waals surface area contributed by atoms with E-state index in [1.165, 1.54) is 0 Å². The van der Waals surface area contributed by atoms with Gasteiger partial charge in [-0.2, -0.15) is 0 Å². The molecule has 0 bridgehead atoms. The summed E-state index contributed by atoms with van der Waals surface area (Å²) in [5.74, 6) is 0.856. The Kier molecular flexibility index (Phi) is 5.38. The van der Waals surface area contributed by atoms with Crippen LogP contribution in [0.3, 0.4) is 0 Å². The van der Waals surface area contributed by atoms with Gasteiger partial charge in [-0.15, -0.1) is 0 Å². The van der Waals surface area contributed by atoms with E-state index >= 15 is 0 Å². The maximum atomic E-state index is 6.25. The average molecular weight is 333 g/mol. The van der Waals surface area contributed by atoms with Crippen molar-refractivity contribution < 1.29 is 14.2 Å². The summed E-state index contributed by atoms with van der Waals surface area (Å²) in [6.07, 6.45) is 5.83. The third-order valence-corrected chi connectivity index (χ3v) is 4.90. The number of nitrogens with zero attached hydrogens (tertiary/aromatic N) is 1. The molecule has 1 aliphatic heterocycles. The lowest BCUT2D eigenvalue weighted by molar-refractivity contribution is 0.0282. The van der Waals surface area contributed by atoms with Crippen LogP contribution < -0.4 is 10.1 Å². The van der Waals surface area contributed by atoms with Crippen LogP contribution in [0.5, 0.6) is 5.75 Å². The van der Waals surface area contributed by atoms with Crippen LogP contribution in [0.15, 0.2) is 18.5 Å². The van der Waals surface area contributed by atoms with Crippen LogP contribution in [0.25, 0.3) is 11.0 Å². The number of aromatic amines is 1. The predicted molar refractivity (Wildman–Crippen MR) is 93.4 cm³/mol. The van der Waals surface area contributed by atoms with Crippen molar-refractivity contribution >= 4 is 11.0 Å². The van der Waals surface area contributed by atoms with Crippen molar-refractivity contribution in [3.05, 3.63) is 24.0 Å². The second-order valence-electron chi connectivity index (χ2n) is 6.81. The second kappa shape index (κ2) is 7.51. The fourth-order valence-electron chi connectivity index (χ4n) is 3.29. The molecule has 0 spiro atoms. The lowest BCUT2D eigenvalue weighted by atomic mass is 9.82. The first kappa shape index (κ1) is 17.2. The minimum absolute atomic E-state index is 0.148. The zero-order valence-electron chi connectivity index (χ0n) is 14.7. The number of aromatic nitrogens is 2. The lowest BCUT2D eigenvalue weighted by Gasteiger charge is -2.33. The van der Waals surface area contributed by atoms with Gasteiger partial charge >= 0.3 is 0 Å². The van der Waals surface area contributed by atoms with E-state index in [1.54, 1.807) is 20.4 Å². The summed E-state index contributed by atoms with van der Waals surface area (Å²) in [7, 11) is 3.37. The molecule has 2 aromatic heterocycles. The van der Waals surface area contributed by atoms with Gasteiger partial charge in [-0.3, -0.25) is 0 Å². The molecule has 24 heavy (non-hydrogen) atoms. The minimum Gasteiger partial charge on any atom is -0.492 e. The first-order valence-corrected chi connectivity index (χ1v) is 8.48. The van der Waals surface area contributed by atoms with Crippen LogP contribution in [0.2, 0.25) is 0 Å². The Hall–Kier alpha value is -1.63. The number of methoxy groups -OCH3 is 2. The summed E-state index contributed by atoms with van der Waals surface area (Å²) < 4.78 is 17.1. The molecule has 0 saturated carbocycles. The molecule has 2 aromatic rings. The highest BCUT2D eigenvalue weighted by Crippen LogP contribution is 2.35. The second-order valence-corrected chi connectivity index (χ2v) is 6.81. The number of rotatable bonds is 7. The first-order chi connectivity index (χ1) is 11.7. The number of piperidine rings is 1. The van der Waals surface area contributed by atoms with Crippen molar-refractivity contribution in [3.8, 4) is 5.75 Å². The molecule has 1 saturated heterocycles. The average Bonchev–Trinajstić information content (AvgIpc) is 3.03. The number of H-pyrrole nitrogens is 1. The Balaban J connectivity index is 1.86. The Labute approximate surface area is 142 Å². The minimum atomic E-state index is -0.148.